The summed E-state index contributed by atoms with van der Waals surface area (Å²) in [6, 6.07) is 21.6. The predicted octanol–water partition coefficient (Wildman–Crippen LogP) is 5.47. The molecule has 4 rings (SSSR count). The molecule has 0 heterocycles. The lowest BCUT2D eigenvalue weighted by molar-refractivity contribution is -0.137. The maximum absolute atomic E-state index is 13.1. The van der Waals surface area contributed by atoms with Crippen LogP contribution in [0.4, 0.5) is 4.39 Å². The van der Waals surface area contributed by atoms with Gasteiger partial charge in [-0.3, -0.25) is 0 Å². The van der Waals surface area contributed by atoms with Crippen molar-refractivity contribution in [2.24, 2.45) is 0 Å². The first kappa shape index (κ1) is 19.1. The highest BCUT2D eigenvalue weighted by Crippen LogP contribution is 2.29. The Morgan fingerprint density at radius 1 is 1.00 bits per heavy atom. The van der Waals surface area contributed by atoms with Crippen molar-refractivity contribution in [3.8, 4) is 23.5 Å². The third kappa shape index (κ3) is 4.36. The van der Waals surface area contributed by atoms with Crippen LogP contribution in [0.25, 0.3) is 16.7 Å². The molecule has 0 spiro atoms. The number of esters is 1. The Kier molecular flexibility index (Phi) is 6.04. The van der Waals surface area contributed by atoms with Gasteiger partial charge in [-0.25, -0.2) is 9.18 Å². The van der Waals surface area contributed by atoms with E-state index in [2.05, 4.69) is 30.2 Å². The van der Waals surface area contributed by atoms with E-state index in [1.807, 2.05) is 18.2 Å². The van der Waals surface area contributed by atoms with E-state index >= 15 is 0 Å². The molecule has 0 unspecified atom stereocenters. The minimum atomic E-state index is -0.464. The number of fused-ring (bicyclic) bond motifs is 1. The summed E-state index contributed by atoms with van der Waals surface area (Å²) in [4.78, 5) is 11.8. The molecule has 2 aromatic carbocycles. The SMILES string of the molecule is C#Cc1ccccc1C(=CC(=O)OCC)c1ccc(F)cc1.c1cc2ccc1-2. The maximum atomic E-state index is 13.1. The molecule has 0 saturated carbocycles. The third-order valence-electron chi connectivity index (χ3n) is 4.29. The van der Waals surface area contributed by atoms with E-state index < -0.39 is 5.97 Å². The van der Waals surface area contributed by atoms with Crippen LogP contribution in [0.5, 0.6) is 0 Å². The molecule has 2 aromatic rings. The van der Waals surface area contributed by atoms with E-state index in [4.69, 9.17) is 11.2 Å². The summed E-state index contributed by atoms with van der Waals surface area (Å²) >= 11 is 0. The van der Waals surface area contributed by atoms with Gasteiger partial charge in [-0.1, -0.05) is 60.5 Å². The number of terminal acetylenes is 1. The zero-order valence-electron chi connectivity index (χ0n) is 15.5. The molecular formula is C25H19FO2. The number of halogens is 1. The summed E-state index contributed by atoms with van der Waals surface area (Å²) in [7, 11) is 0. The molecule has 138 valence electrons. The minimum Gasteiger partial charge on any atom is -0.463 e. The highest BCUT2D eigenvalue weighted by molar-refractivity contribution is 5.97. The molecule has 3 heteroatoms. The standard InChI is InChI=1S/C19H15FO2.C6H4/c1-3-14-7-5-6-8-17(14)18(13-19(21)22-4-2)15-9-11-16(20)12-10-15;1-2-6-4-3-5(1)6/h1,5-13H,4H2,2H3;1-4H. The van der Waals surface area contributed by atoms with Gasteiger partial charge in [0.15, 0.2) is 0 Å². The predicted molar refractivity (Wildman–Crippen MR) is 110 cm³/mol. The molecule has 2 aliphatic carbocycles. The van der Waals surface area contributed by atoms with Crippen LogP contribution in [-0.4, -0.2) is 12.6 Å². The van der Waals surface area contributed by atoms with Gasteiger partial charge >= 0.3 is 5.97 Å². The van der Waals surface area contributed by atoms with Gasteiger partial charge in [0.05, 0.1) is 6.61 Å². The average Bonchev–Trinajstić information content (AvgIpc) is 2.70. The largest absolute Gasteiger partial charge is 0.463 e. The van der Waals surface area contributed by atoms with Crippen molar-refractivity contribution in [2.45, 2.75) is 6.92 Å². The number of carbonyl (C=O) groups is 1. The first-order valence-electron chi connectivity index (χ1n) is 8.93. The van der Waals surface area contributed by atoms with Crippen molar-refractivity contribution in [3.63, 3.8) is 0 Å². The molecule has 0 radical (unpaired) electrons. The quantitative estimate of drug-likeness (QED) is 0.271. The molecule has 0 aliphatic heterocycles. The van der Waals surface area contributed by atoms with E-state index in [1.165, 1.54) is 29.3 Å². The van der Waals surface area contributed by atoms with Crippen molar-refractivity contribution >= 4 is 11.5 Å². The van der Waals surface area contributed by atoms with Crippen molar-refractivity contribution in [1.82, 2.24) is 0 Å². The van der Waals surface area contributed by atoms with Gasteiger partial charge in [0.1, 0.15) is 5.82 Å². The van der Waals surface area contributed by atoms with Gasteiger partial charge < -0.3 is 4.74 Å². The third-order valence-corrected chi connectivity index (χ3v) is 4.29. The first-order valence-corrected chi connectivity index (χ1v) is 8.93. The molecule has 2 aliphatic rings. The number of benzene rings is 3. The van der Waals surface area contributed by atoms with Crippen molar-refractivity contribution in [3.05, 3.63) is 101 Å². The first-order chi connectivity index (χ1) is 13.6. The molecule has 0 bridgehead atoms. The van der Waals surface area contributed by atoms with Crippen molar-refractivity contribution in [1.29, 1.82) is 0 Å². The fourth-order valence-electron chi connectivity index (χ4n) is 2.75. The van der Waals surface area contributed by atoms with Gasteiger partial charge in [-0.15, -0.1) is 6.42 Å². The molecule has 2 nitrogen and oxygen atoms in total. The smallest absolute Gasteiger partial charge is 0.331 e. The Hall–Kier alpha value is -3.64. The van der Waals surface area contributed by atoms with E-state index in [0.29, 0.717) is 16.7 Å². The molecule has 0 amide bonds. The van der Waals surface area contributed by atoms with Crippen LogP contribution in [0.3, 0.4) is 0 Å². The summed E-state index contributed by atoms with van der Waals surface area (Å²) in [5.74, 6) is 1.79. The number of hydrogen-bond acceptors (Lipinski definition) is 2. The summed E-state index contributed by atoms with van der Waals surface area (Å²) in [5, 5.41) is 0. The molecule has 0 N–H and O–H groups in total. The minimum absolute atomic E-state index is 0.281. The van der Waals surface area contributed by atoms with Crippen molar-refractivity contribution in [2.75, 3.05) is 6.61 Å². The Morgan fingerprint density at radius 3 is 2.11 bits per heavy atom. The lowest BCUT2D eigenvalue weighted by Gasteiger charge is -2.11. The van der Waals surface area contributed by atoms with E-state index in [0.717, 1.165) is 5.56 Å². The lowest BCUT2D eigenvalue weighted by Crippen LogP contribution is -2.02. The van der Waals surface area contributed by atoms with E-state index in [1.54, 1.807) is 25.1 Å². The summed E-state index contributed by atoms with van der Waals surface area (Å²) in [6.45, 7) is 2.02. The van der Waals surface area contributed by atoms with Crippen LogP contribution in [-0.2, 0) is 9.53 Å². The van der Waals surface area contributed by atoms with Crippen molar-refractivity contribution < 1.29 is 13.9 Å². The molecular weight excluding hydrogens is 351 g/mol. The highest BCUT2D eigenvalue weighted by Gasteiger charge is 2.11. The van der Waals surface area contributed by atoms with Gasteiger partial charge in [-0.05, 0) is 52.9 Å². The average molecular weight is 370 g/mol. The Balaban J connectivity index is 0.000000311. The topological polar surface area (TPSA) is 26.3 Å². The molecule has 0 aromatic heterocycles. The zero-order valence-corrected chi connectivity index (χ0v) is 15.5. The second-order valence-corrected chi connectivity index (χ2v) is 6.08. The molecule has 0 atom stereocenters. The summed E-state index contributed by atoms with van der Waals surface area (Å²) in [6.07, 6.45) is 6.91. The monoisotopic (exact) mass is 370 g/mol. The second kappa shape index (κ2) is 8.83. The number of hydrogen-bond donors (Lipinski definition) is 0. The maximum Gasteiger partial charge on any atom is 0.331 e. The van der Waals surface area contributed by atoms with Crippen LogP contribution in [0.15, 0.2) is 78.9 Å². The normalized spacial score (nSPS) is 11.0. The van der Waals surface area contributed by atoms with Crippen LogP contribution in [0, 0.1) is 18.2 Å². The second-order valence-electron chi connectivity index (χ2n) is 6.08. The molecule has 28 heavy (non-hydrogen) atoms. The van der Waals surface area contributed by atoms with Crippen LogP contribution in [0.1, 0.15) is 23.6 Å². The number of carbonyl (C=O) groups excluding carboxylic acids is 1. The summed E-state index contributed by atoms with van der Waals surface area (Å²) in [5.41, 5.74) is 5.53. The molecule has 0 fully saturated rings. The fraction of sp³-hybridized carbons (Fsp3) is 0.0800. The number of ether oxygens (including phenoxy) is 1. The zero-order chi connectivity index (χ0) is 19.9. The van der Waals surface area contributed by atoms with Gasteiger partial charge in [-0.2, -0.15) is 0 Å². The van der Waals surface area contributed by atoms with Gasteiger partial charge in [0.2, 0.25) is 0 Å². The molecule has 0 saturated heterocycles. The highest BCUT2D eigenvalue weighted by atomic mass is 19.1. The van der Waals surface area contributed by atoms with E-state index in [9.17, 15) is 9.18 Å². The van der Waals surface area contributed by atoms with Crippen LogP contribution < -0.4 is 0 Å². The Labute approximate surface area is 164 Å². The van der Waals surface area contributed by atoms with E-state index in [-0.39, 0.29) is 12.4 Å². The Morgan fingerprint density at radius 2 is 1.61 bits per heavy atom. The Bertz CT molecular complexity index is 1020. The van der Waals surface area contributed by atoms with Gasteiger partial charge in [0.25, 0.3) is 0 Å². The van der Waals surface area contributed by atoms with Crippen LogP contribution >= 0.6 is 0 Å². The lowest BCUT2D eigenvalue weighted by atomic mass is 9.93. The fourth-order valence-corrected chi connectivity index (χ4v) is 2.75. The van der Waals surface area contributed by atoms with Crippen LogP contribution in [0.2, 0.25) is 0 Å². The number of rotatable bonds is 4. The summed E-state index contributed by atoms with van der Waals surface area (Å²) < 4.78 is 18.1. The van der Waals surface area contributed by atoms with Gasteiger partial charge in [0, 0.05) is 11.6 Å².